The van der Waals surface area contributed by atoms with Gasteiger partial charge in [-0.2, -0.15) is 4.31 Å². The van der Waals surface area contributed by atoms with Crippen molar-refractivity contribution in [3.05, 3.63) is 41.9 Å². The molecule has 3 rings (SSSR count). The van der Waals surface area contributed by atoms with Gasteiger partial charge < -0.3 is 9.64 Å². The Bertz CT molecular complexity index is 906. The standard InChI is InChI=1S/C20H28N4O3S/c1-5-27-17-6-8-18(9-7-17)28(25,26)24-12-10-23(11-13-24)19-14-16(4)21-20(22-19)15(2)3/h6-9,14-15H,5,10-13H2,1-4H3. The molecule has 0 saturated carbocycles. The first-order valence-electron chi connectivity index (χ1n) is 9.64. The van der Waals surface area contributed by atoms with Crippen LogP contribution in [0.15, 0.2) is 35.2 Å². The number of nitrogens with zero attached hydrogens (tertiary/aromatic N) is 4. The summed E-state index contributed by atoms with van der Waals surface area (Å²) >= 11 is 0. The summed E-state index contributed by atoms with van der Waals surface area (Å²) in [5.41, 5.74) is 0.929. The van der Waals surface area contributed by atoms with Crippen molar-refractivity contribution < 1.29 is 13.2 Å². The van der Waals surface area contributed by atoms with Crippen LogP contribution < -0.4 is 9.64 Å². The minimum atomic E-state index is -3.51. The predicted octanol–water partition coefficient (Wildman–Crippen LogP) is 2.82. The predicted molar refractivity (Wildman–Crippen MR) is 109 cm³/mol. The molecule has 0 aliphatic carbocycles. The summed E-state index contributed by atoms with van der Waals surface area (Å²) in [6.07, 6.45) is 0. The largest absolute Gasteiger partial charge is 0.494 e. The zero-order valence-corrected chi connectivity index (χ0v) is 17.7. The first-order valence-corrected chi connectivity index (χ1v) is 11.1. The van der Waals surface area contributed by atoms with Gasteiger partial charge in [-0.05, 0) is 38.1 Å². The second-order valence-electron chi connectivity index (χ2n) is 7.18. The SMILES string of the molecule is CCOc1ccc(S(=O)(=O)N2CCN(c3cc(C)nc(C(C)C)n3)CC2)cc1. The molecule has 0 N–H and O–H groups in total. The van der Waals surface area contributed by atoms with Gasteiger partial charge >= 0.3 is 0 Å². The summed E-state index contributed by atoms with van der Waals surface area (Å²) < 4.78 is 32.8. The molecule has 1 aromatic heterocycles. The molecule has 0 unspecified atom stereocenters. The third kappa shape index (κ3) is 4.44. The number of hydrogen-bond acceptors (Lipinski definition) is 6. The van der Waals surface area contributed by atoms with E-state index in [2.05, 4.69) is 28.7 Å². The first-order chi connectivity index (χ1) is 13.3. The average Bonchev–Trinajstić information content (AvgIpc) is 2.68. The maximum absolute atomic E-state index is 12.9. The molecule has 7 nitrogen and oxygen atoms in total. The van der Waals surface area contributed by atoms with Crippen molar-refractivity contribution in [2.24, 2.45) is 0 Å². The van der Waals surface area contributed by atoms with Crippen molar-refractivity contribution in [3.63, 3.8) is 0 Å². The molecule has 1 saturated heterocycles. The average molecular weight is 405 g/mol. The number of rotatable bonds is 6. The number of benzene rings is 1. The maximum Gasteiger partial charge on any atom is 0.243 e. The zero-order chi connectivity index (χ0) is 20.3. The molecule has 0 amide bonds. The van der Waals surface area contributed by atoms with Gasteiger partial charge in [-0.25, -0.2) is 18.4 Å². The summed E-state index contributed by atoms with van der Waals surface area (Å²) in [5, 5.41) is 0. The van der Waals surface area contributed by atoms with Crippen molar-refractivity contribution in [1.82, 2.24) is 14.3 Å². The lowest BCUT2D eigenvalue weighted by molar-refractivity contribution is 0.340. The lowest BCUT2D eigenvalue weighted by Crippen LogP contribution is -2.49. The van der Waals surface area contributed by atoms with Crippen molar-refractivity contribution in [1.29, 1.82) is 0 Å². The molecule has 2 heterocycles. The Morgan fingerprint density at radius 2 is 1.71 bits per heavy atom. The number of aryl methyl sites for hydroxylation is 1. The minimum absolute atomic E-state index is 0.250. The van der Waals surface area contributed by atoms with Crippen LogP contribution in [-0.2, 0) is 10.0 Å². The Morgan fingerprint density at radius 3 is 2.29 bits per heavy atom. The number of anilines is 1. The van der Waals surface area contributed by atoms with E-state index in [1.807, 2.05) is 19.9 Å². The molecule has 8 heteroatoms. The van der Waals surface area contributed by atoms with Crippen LogP contribution in [-0.4, -0.2) is 55.5 Å². The molecule has 1 aromatic carbocycles. The van der Waals surface area contributed by atoms with Gasteiger partial charge in [-0.1, -0.05) is 13.8 Å². The van der Waals surface area contributed by atoms with Crippen LogP contribution in [0.1, 0.15) is 38.2 Å². The number of ether oxygens (including phenoxy) is 1. The highest BCUT2D eigenvalue weighted by atomic mass is 32.2. The molecule has 0 radical (unpaired) electrons. The minimum Gasteiger partial charge on any atom is -0.494 e. The molecule has 1 aliphatic rings. The Hall–Kier alpha value is -2.19. The Balaban J connectivity index is 1.71. The Labute approximate surface area is 167 Å². The molecule has 28 heavy (non-hydrogen) atoms. The topological polar surface area (TPSA) is 75.6 Å². The van der Waals surface area contributed by atoms with E-state index >= 15 is 0 Å². The van der Waals surface area contributed by atoms with Gasteiger partial charge in [0.25, 0.3) is 0 Å². The van der Waals surface area contributed by atoms with Gasteiger partial charge in [-0.3, -0.25) is 0 Å². The summed E-state index contributed by atoms with van der Waals surface area (Å²) in [5.74, 6) is 2.61. The van der Waals surface area contributed by atoms with Crippen molar-refractivity contribution in [2.45, 2.75) is 38.5 Å². The maximum atomic E-state index is 12.9. The summed E-state index contributed by atoms with van der Waals surface area (Å²) in [4.78, 5) is 11.6. The van der Waals surface area contributed by atoms with Crippen molar-refractivity contribution in [3.8, 4) is 5.75 Å². The highest BCUT2D eigenvalue weighted by Crippen LogP contribution is 2.23. The fourth-order valence-electron chi connectivity index (χ4n) is 3.18. The van der Waals surface area contributed by atoms with E-state index in [1.54, 1.807) is 24.3 Å². The molecule has 1 fully saturated rings. The molecular weight excluding hydrogens is 376 g/mol. The molecule has 0 atom stereocenters. The third-order valence-electron chi connectivity index (χ3n) is 4.71. The normalized spacial score (nSPS) is 15.8. The summed E-state index contributed by atoms with van der Waals surface area (Å²) in [6, 6.07) is 8.57. The highest BCUT2D eigenvalue weighted by molar-refractivity contribution is 7.89. The summed E-state index contributed by atoms with van der Waals surface area (Å²) in [7, 11) is -3.51. The number of sulfonamides is 1. The van der Waals surface area contributed by atoms with Crippen LogP contribution in [0, 0.1) is 6.92 Å². The first kappa shape index (κ1) is 20.5. The second kappa shape index (κ2) is 8.45. The second-order valence-corrected chi connectivity index (χ2v) is 9.11. The quantitative estimate of drug-likeness (QED) is 0.737. The van der Waals surface area contributed by atoms with Crippen molar-refractivity contribution >= 4 is 15.8 Å². The molecule has 152 valence electrons. The van der Waals surface area contributed by atoms with Crippen molar-refractivity contribution in [2.75, 3.05) is 37.7 Å². The third-order valence-corrected chi connectivity index (χ3v) is 6.62. The molecule has 1 aliphatic heterocycles. The molecule has 0 bridgehead atoms. The van der Waals surface area contributed by atoms with Gasteiger partial charge in [0.2, 0.25) is 10.0 Å². The smallest absolute Gasteiger partial charge is 0.243 e. The van der Waals surface area contributed by atoms with Gasteiger partial charge in [0.1, 0.15) is 17.4 Å². The van der Waals surface area contributed by atoms with E-state index in [4.69, 9.17) is 4.74 Å². The van der Waals surface area contributed by atoms with Crippen LogP contribution in [0.4, 0.5) is 5.82 Å². The lowest BCUT2D eigenvalue weighted by atomic mass is 10.2. The molecule has 0 spiro atoms. The van der Waals surface area contributed by atoms with Gasteiger partial charge in [-0.15, -0.1) is 0 Å². The van der Waals surface area contributed by atoms with E-state index in [1.165, 1.54) is 4.31 Å². The number of piperazine rings is 1. The zero-order valence-electron chi connectivity index (χ0n) is 16.9. The monoisotopic (exact) mass is 404 g/mol. The number of aromatic nitrogens is 2. The summed E-state index contributed by atoms with van der Waals surface area (Å²) in [6.45, 7) is 10.6. The molecular formula is C20H28N4O3S. The van der Waals surface area contributed by atoms with Crippen LogP contribution in [0.2, 0.25) is 0 Å². The number of hydrogen-bond donors (Lipinski definition) is 0. The van der Waals surface area contributed by atoms with E-state index in [-0.39, 0.29) is 5.92 Å². The van der Waals surface area contributed by atoms with E-state index in [9.17, 15) is 8.42 Å². The van der Waals surface area contributed by atoms with Gasteiger partial charge in [0, 0.05) is 43.9 Å². The Kier molecular flexibility index (Phi) is 6.20. The lowest BCUT2D eigenvalue weighted by Gasteiger charge is -2.35. The van der Waals surface area contributed by atoms with Crippen LogP contribution in [0.5, 0.6) is 5.75 Å². The van der Waals surface area contributed by atoms with Crippen LogP contribution in [0.25, 0.3) is 0 Å². The fraction of sp³-hybridized carbons (Fsp3) is 0.500. The van der Waals surface area contributed by atoms with E-state index < -0.39 is 10.0 Å². The van der Waals surface area contributed by atoms with Crippen LogP contribution >= 0.6 is 0 Å². The fourth-order valence-corrected chi connectivity index (χ4v) is 4.60. The Morgan fingerprint density at radius 1 is 1.07 bits per heavy atom. The van der Waals surface area contributed by atoms with Gasteiger partial charge in [0.05, 0.1) is 11.5 Å². The van der Waals surface area contributed by atoms with E-state index in [0.29, 0.717) is 43.4 Å². The molecule has 2 aromatic rings. The van der Waals surface area contributed by atoms with Gasteiger partial charge in [0.15, 0.2) is 0 Å². The van der Waals surface area contributed by atoms with E-state index in [0.717, 1.165) is 17.3 Å². The van der Waals surface area contributed by atoms with Crippen LogP contribution in [0.3, 0.4) is 0 Å². The highest BCUT2D eigenvalue weighted by Gasteiger charge is 2.29.